The standard InChI is InChI=1S/C11H11N3O2S/c15-11(16)10-13-6-4-9(14-10)12-5-3-8-2-1-7-17-8/h1-2,4,6-7H,3,5H2,(H,15,16)(H,12,13,14). The number of carboxylic acid groups (broad SMARTS) is 1. The van der Waals surface area contributed by atoms with E-state index in [1.54, 1.807) is 17.4 Å². The lowest BCUT2D eigenvalue weighted by atomic mass is 10.3. The van der Waals surface area contributed by atoms with E-state index in [1.807, 2.05) is 11.4 Å². The van der Waals surface area contributed by atoms with Gasteiger partial charge in [0.2, 0.25) is 5.82 Å². The van der Waals surface area contributed by atoms with Gasteiger partial charge >= 0.3 is 5.97 Å². The van der Waals surface area contributed by atoms with Crippen LogP contribution < -0.4 is 5.32 Å². The minimum absolute atomic E-state index is 0.189. The number of aromatic carboxylic acids is 1. The highest BCUT2D eigenvalue weighted by molar-refractivity contribution is 7.09. The van der Waals surface area contributed by atoms with Gasteiger partial charge < -0.3 is 10.4 Å². The van der Waals surface area contributed by atoms with E-state index in [0.717, 1.165) is 13.0 Å². The highest BCUT2D eigenvalue weighted by Gasteiger charge is 2.06. The Morgan fingerprint density at radius 2 is 2.35 bits per heavy atom. The van der Waals surface area contributed by atoms with Gasteiger partial charge in [0.25, 0.3) is 0 Å². The van der Waals surface area contributed by atoms with E-state index in [9.17, 15) is 4.79 Å². The van der Waals surface area contributed by atoms with E-state index in [-0.39, 0.29) is 5.82 Å². The molecular weight excluding hydrogens is 238 g/mol. The summed E-state index contributed by atoms with van der Waals surface area (Å²) in [6, 6.07) is 5.73. The van der Waals surface area contributed by atoms with Crippen LogP contribution in [0.2, 0.25) is 0 Å². The Hall–Kier alpha value is -1.95. The van der Waals surface area contributed by atoms with Gasteiger partial charge in [-0.05, 0) is 23.9 Å². The number of aromatic nitrogens is 2. The van der Waals surface area contributed by atoms with E-state index in [4.69, 9.17) is 5.11 Å². The summed E-state index contributed by atoms with van der Waals surface area (Å²) in [5.41, 5.74) is 0. The third-order valence-electron chi connectivity index (χ3n) is 2.10. The summed E-state index contributed by atoms with van der Waals surface area (Å²) in [5, 5.41) is 13.8. The van der Waals surface area contributed by atoms with Gasteiger partial charge in [0.15, 0.2) is 0 Å². The van der Waals surface area contributed by atoms with Gasteiger partial charge in [-0.3, -0.25) is 0 Å². The molecule has 6 heteroatoms. The number of carbonyl (C=O) groups is 1. The Balaban J connectivity index is 1.90. The Kier molecular flexibility index (Phi) is 3.66. The van der Waals surface area contributed by atoms with Crippen molar-refractivity contribution in [3.8, 4) is 0 Å². The number of nitrogens with one attached hydrogen (secondary N) is 1. The summed E-state index contributed by atoms with van der Waals surface area (Å²) >= 11 is 1.70. The van der Waals surface area contributed by atoms with Crippen LogP contribution in [0.3, 0.4) is 0 Å². The first-order valence-corrected chi connectivity index (χ1v) is 5.96. The number of hydrogen-bond acceptors (Lipinski definition) is 5. The van der Waals surface area contributed by atoms with Crippen molar-refractivity contribution in [2.75, 3.05) is 11.9 Å². The molecule has 0 fully saturated rings. The summed E-state index contributed by atoms with van der Waals surface area (Å²) in [7, 11) is 0. The number of carboxylic acids is 1. The maximum Gasteiger partial charge on any atom is 0.374 e. The number of rotatable bonds is 5. The van der Waals surface area contributed by atoms with Gasteiger partial charge in [-0.15, -0.1) is 11.3 Å². The molecule has 17 heavy (non-hydrogen) atoms. The molecule has 0 unspecified atom stereocenters. The van der Waals surface area contributed by atoms with Crippen molar-refractivity contribution in [3.63, 3.8) is 0 Å². The lowest BCUT2D eigenvalue weighted by molar-refractivity contribution is 0.0683. The Labute approximate surface area is 102 Å². The quantitative estimate of drug-likeness (QED) is 0.846. The van der Waals surface area contributed by atoms with E-state index < -0.39 is 5.97 Å². The van der Waals surface area contributed by atoms with Gasteiger partial charge in [0.05, 0.1) is 0 Å². The molecule has 0 aliphatic carbocycles. The van der Waals surface area contributed by atoms with E-state index in [2.05, 4.69) is 21.4 Å². The highest BCUT2D eigenvalue weighted by atomic mass is 32.1. The van der Waals surface area contributed by atoms with Crippen LogP contribution in [0, 0.1) is 0 Å². The van der Waals surface area contributed by atoms with Crippen LogP contribution in [0.1, 0.15) is 15.5 Å². The average Bonchev–Trinajstić information content (AvgIpc) is 2.82. The molecule has 2 N–H and O–H groups in total. The van der Waals surface area contributed by atoms with Gasteiger partial charge in [-0.2, -0.15) is 0 Å². The maximum atomic E-state index is 10.7. The van der Waals surface area contributed by atoms with Gasteiger partial charge in [-0.25, -0.2) is 14.8 Å². The van der Waals surface area contributed by atoms with Crippen molar-refractivity contribution in [1.29, 1.82) is 0 Å². The fourth-order valence-corrected chi connectivity index (χ4v) is 2.04. The third kappa shape index (κ3) is 3.25. The molecule has 2 heterocycles. The molecule has 0 atom stereocenters. The van der Waals surface area contributed by atoms with Crippen molar-refractivity contribution < 1.29 is 9.90 Å². The molecular formula is C11H11N3O2S. The SMILES string of the molecule is O=C(O)c1nccc(NCCc2cccs2)n1. The van der Waals surface area contributed by atoms with Crippen LogP contribution in [-0.4, -0.2) is 27.6 Å². The van der Waals surface area contributed by atoms with Crippen LogP contribution in [0.5, 0.6) is 0 Å². The maximum absolute atomic E-state index is 10.7. The lowest BCUT2D eigenvalue weighted by Crippen LogP contribution is -2.09. The fraction of sp³-hybridized carbons (Fsp3) is 0.182. The average molecular weight is 249 g/mol. The van der Waals surface area contributed by atoms with Gasteiger partial charge in [0, 0.05) is 17.6 Å². The predicted molar refractivity (Wildman–Crippen MR) is 65.5 cm³/mol. The molecule has 0 spiro atoms. The molecule has 2 aromatic heterocycles. The summed E-state index contributed by atoms with van der Waals surface area (Å²) in [5.74, 6) is -0.771. The minimum atomic E-state index is -1.12. The zero-order chi connectivity index (χ0) is 12.1. The Morgan fingerprint density at radius 3 is 3.06 bits per heavy atom. The molecule has 2 rings (SSSR count). The molecule has 88 valence electrons. The summed E-state index contributed by atoms with van der Waals surface area (Å²) in [4.78, 5) is 19.5. The molecule has 0 aliphatic rings. The Bertz CT molecular complexity index is 499. The van der Waals surface area contributed by atoms with Gasteiger partial charge in [-0.1, -0.05) is 6.07 Å². The number of anilines is 1. The molecule has 5 nitrogen and oxygen atoms in total. The van der Waals surface area contributed by atoms with Gasteiger partial charge in [0.1, 0.15) is 5.82 Å². The van der Waals surface area contributed by atoms with Crippen molar-refractivity contribution >= 4 is 23.1 Å². The van der Waals surface area contributed by atoms with Crippen molar-refractivity contribution in [2.45, 2.75) is 6.42 Å². The second kappa shape index (κ2) is 5.40. The molecule has 0 amide bonds. The van der Waals surface area contributed by atoms with Crippen LogP contribution in [0.15, 0.2) is 29.8 Å². The molecule has 0 radical (unpaired) electrons. The largest absolute Gasteiger partial charge is 0.475 e. The summed E-state index contributed by atoms with van der Waals surface area (Å²) in [6.45, 7) is 0.719. The smallest absolute Gasteiger partial charge is 0.374 e. The zero-order valence-corrected chi connectivity index (χ0v) is 9.78. The molecule has 0 saturated heterocycles. The van der Waals surface area contributed by atoms with Crippen LogP contribution in [-0.2, 0) is 6.42 Å². The lowest BCUT2D eigenvalue weighted by Gasteiger charge is -2.04. The van der Waals surface area contributed by atoms with Crippen molar-refractivity contribution in [1.82, 2.24) is 9.97 Å². The summed E-state index contributed by atoms with van der Waals surface area (Å²) in [6.07, 6.45) is 2.33. The van der Waals surface area contributed by atoms with Crippen molar-refractivity contribution in [2.24, 2.45) is 0 Å². The van der Waals surface area contributed by atoms with Crippen molar-refractivity contribution in [3.05, 3.63) is 40.5 Å². The second-order valence-corrected chi connectivity index (χ2v) is 4.36. The monoisotopic (exact) mass is 249 g/mol. The molecule has 0 aromatic carbocycles. The first-order chi connectivity index (χ1) is 8.25. The molecule has 0 bridgehead atoms. The van der Waals surface area contributed by atoms with E-state index in [0.29, 0.717) is 5.82 Å². The predicted octanol–water partition coefficient (Wildman–Crippen LogP) is 1.89. The number of hydrogen-bond donors (Lipinski definition) is 2. The topological polar surface area (TPSA) is 75.1 Å². The van der Waals surface area contributed by atoms with E-state index >= 15 is 0 Å². The molecule has 0 saturated carbocycles. The Morgan fingerprint density at radius 1 is 1.47 bits per heavy atom. The van der Waals surface area contributed by atoms with Crippen LogP contribution >= 0.6 is 11.3 Å². The fourth-order valence-electron chi connectivity index (χ4n) is 1.33. The summed E-state index contributed by atoms with van der Waals surface area (Å²) < 4.78 is 0. The highest BCUT2D eigenvalue weighted by Crippen LogP contribution is 2.09. The molecule has 0 aliphatic heterocycles. The first kappa shape index (κ1) is 11.5. The zero-order valence-electron chi connectivity index (χ0n) is 8.96. The number of nitrogens with zero attached hydrogens (tertiary/aromatic N) is 2. The van der Waals surface area contributed by atoms with Crippen LogP contribution in [0.25, 0.3) is 0 Å². The normalized spacial score (nSPS) is 10.1. The molecule has 2 aromatic rings. The number of thiophene rings is 1. The minimum Gasteiger partial charge on any atom is -0.475 e. The first-order valence-electron chi connectivity index (χ1n) is 5.08. The van der Waals surface area contributed by atoms with Crippen LogP contribution in [0.4, 0.5) is 5.82 Å². The van der Waals surface area contributed by atoms with E-state index in [1.165, 1.54) is 11.1 Å². The third-order valence-corrected chi connectivity index (χ3v) is 3.04. The second-order valence-electron chi connectivity index (χ2n) is 3.33.